The van der Waals surface area contributed by atoms with Gasteiger partial charge in [0.1, 0.15) is 0 Å². The summed E-state index contributed by atoms with van der Waals surface area (Å²) in [5.41, 5.74) is 0.0604. The number of alkyl halides is 1. The summed E-state index contributed by atoms with van der Waals surface area (Å²) in [4.78, 5) is 4.47. The maximum Gasteiger partial charge on any atom is 0.0731 e. The van der Waals surface area contributed by atoms with E-state index in [0.29, 0.717) is 0 Å². The van der Waals surface area contributed by atoms with Crippen molar-refractivity contribution >= 4 is 49.9 Å². The Morgan fingerprint density at radius 1 is 0.696 bits per heavy atom. The summed E-state index contributed by atoms with van der Waals surface area (Å²) in [5, 5.41) is 7.78. The molecular formula is C19H21BrS3. The van der Waals surface area contributed by atoms with Crippen LogP contribution < -0.4 is 0 Å². The highest BCUT2D eigenvalue weighted by atomic mass is 79.9. The molecule has 0 unspecified atom stereocenters. The van der Waals surface area contributed by atoms with Gasteiger partial charge in [-0.25, -0.2) is 0 Å². The third-order valence-corrected chi connectivity index (χ3v) is 7.92. The smallest absolute Gasteiger partial charge is 0.0731 e. The van der Waals surface area contributed by atoms with Crippen LogP contribution in [0.4, 0.5) is 0 Å². The SMILES string of the molecule is BrCCCCCCC(c1cccs1)(c1cccs1)c1cccs1. The summed E-state index contributed by atoms with van der Waals surface area (Å²) in [7, 11) is 0. The van der Waals surface area contributed by atoms with Crippen LogP contribution in [0.2, 0.25) is 0 Å². The molecule has 3 aromatic heterocycles. The monoisotopic (exact) mass is 424 g/mol. The number of rotatable bonds is 9. The van der Waals surface area contributed by atoms with Gasteiger partial charge in [-0.1, -0.05) is 53.4 Å². The van der Waals surface area contributed by atoms with Gasteiger partial charge in [0.15, 0.2) is 0 Å². The maximum atomic E-state index is 3.54. The van der Waals surface area contributed by atoms with Crippen LogP contribution >= 0.6 is 49.9 Å². The number of thiophene rings is 3. The van der Waals surface area contributed by atoms with E-state index in [-0.39, 0.29) is 5.41 Å². The van der Waals surface area contributed by atoms with E-state index in [4.69, 9.17) is 0 Å². The van der Waals surface area contributed by atoms with Gasteiger partial charge < -0.3 is 0 Å². The Labute approximate surface area is 159 Å². The molecule has 0 aliphatic carbocycles. The minimum absolute atomic E-state index is 0.0604. The molecule has 23 heavy (non-hydrogen) atoms. The molecule has 0 nitrogen and oxygen atoms in total. The average Bonchev–Trinajstić information content (AvgIpc) is 3.35. The van der Waals surface area contributed by atoms with E-state index in [1.54, 1.807) is 0 Å². The van der Waals surface area contributed by atoms with Crippen molar-refractivity contribution in [1.82, 2.24) is 0 Å². The normalized spacial score (nSPS) is 11.9. The first-order chi connectivity index (χ1) is 11.4. The number of unbranched alkanes of at least 4 members (excludes halogenated alkanes) is 3. The molecule has 0 spiro atoms. The van der Waals surface area contributed by atoms with Crippen molar-refractivity contribution in [2.75, 3.05) is 5.33 Å². The second-order valence-corrected chi connectivity index (χ2v) is 9.33. The van der Waals surface area contributed by atoms with Gasteiger partial charge in [-0.05, 0) is 47.2 Å². The van der Waals surface area contributed by atoms with E-state index in [0.717, 1.165) is 5.33 Å². The zero-order valence-corrected chi connectivity index (χ0v) is 17.1. The zero-order valence-electron chi connectivity index (χ0n) is 13.0. The molecule has 0 N–H and O–H groups in total. The highest BCUT2D eigenvalue weighted by molar-refractivity contribution is 9.09. The van der Waals surface area contributed by atoms with Crippen LogP contribution in [-0.2, 0) is 5.41 Å². The van der Waals surface area contributed by atoms with Crippen molar-refractivity contribution in [1.29, 1.82) is 0 Å². The van der Waals surface area contributed by atoms with Crippen LogP contribution in [0, 0.1) is 0 Å². The van der Waals surface area contributed by atoms with Gasteiger partial charge in [0, 0.05) is 20.0 Å². The van der Waals surface area contributed by atoms with E-state index >= 15 is 0 Å². The lowest BCUT2D eigenvalue weighted by molar-refractivity contribution is 0.528. The topological polar surface area (TPSA) is 0 Å². The highest BCUT2D eigenvalue weighted by Crippen LogP contribution is 2.48. The Bertz CT molecular complexity index is 569. The largest absolute Gasteiger partial charge is 0.148 e. The first-order valence-corrected chi connectivity index (χ1v) is 11.8. The third kappa shape index (κ3) is 3.81. The molecule has 4 heteroatoms. The van der Waals surface area contributed by atoms with Crippen molar-refractivity contribution < 1.29 is 0 Å². The minimum Gasteiger partial charge on any atom is -0.148 e. The molecule has 0 aliphatic heterocycles. The Kier molecular flexibility index (Phi) is 6.52. The van der Waals surface area contributed by atoms with E-state index in [9.17, 15) is 0 Å². The first-order valence-electron chi connectivity index (χ1n) is 8.06. The molecule has 3 aromatic rings. The van der Waals surface area contributed by atoms with E-state index in [2.05, 4.69) is 68.5 Å². The molecular weight excluding hydrogens is 404 g/mol. The first kappa shape index (κ1) is 17.4. The molecule has 0 amide bonds. The van der Waals surface area contributed by atoms with Crippen LogP contribution in [0.25, 0.3) is 0 Å². The molecule has 3 heterocycles. The molecule has 0 radical (unpaired) electrons. The van der Waals surface area contributed by atoms with Crippen LogP contribution in [-0.4, -0.2) is 5.33 Å². The van der Waals surface area contributed by atoms with E-state index < -0.39 is 0 Å². The van der Waals surface area contributed by atoms with Crippen molar-refractivity contribution in [3.05, 3.63) is 67.2 Å². The lowest BCUT2D eigenvalue weighted by atomic mass is 9.78. The van der Waals surface area contributed by atoms with Gasteiger partial charge >= 0.3 is 0 Å². The Morgan fingerprint density at radius 2 is 1.17 bits per heavy atom. The quantitative estimate of drug-likeness (QED) is 0.245. The fourth-order valence-corrected chi connectivity index (χ4v) is 6.68. The molecule has 0 atom stereocenters. The number of hydrogen-bond donors (Lipinski definition) is 0. The Hall–Kier alpha value is -0.420. The van der Waals surface area contributed by atoms with Gasteiger partial charge in [-0.3, -0.25) is 0 Å². The Morgan fingerprint density at radius 3 is 1.57 bits per heavy atom. The molecule has 0 saturated carbocycles. The molecule has 122 valence electrons. The van der Waals surface area contributed by atoms with Gasteiger partial charge in [0.25, 0.3) is 0 Å². The van der Waals surface area contributed by atoms with E-state index in [1.165, 1.54) is 46.7 Å². The predicted molar refractivity (Wildman–Crippen MR) is 110 cm³/mol. The van der Waals surface area contributed by atoms with Crippen molar-refractivity contribution in [2.24, 2.45) is 0 Å². The van der Waals surface area contributed by atoms with Crippen LogP contribution in [0.5, 0.6) is 0 Å². The number of hydrogen-bond acceptors (Lipinski definition) is 3. The lowest BCUT2D eigenvalue weighted by Crippen LogP contribution is -2.26. The summed E-state index contributed by atoms with van der Waals surface area (Å²) in [5.74, 6) is 0. The maximum absolute atomic E-state index is 3.54. The van der Waals surface area contributed by atoms with Crippen LogP contribution in [0.15, 0.2) is 52.5 Å². The highest BCUT2D eigenvalue weighted by Gasteiger charge is 2.38. The molecule has 0 aliphatic rings. The zero-order chi connectivity index (χ0) is 16.0. The molecule has 0 saturated heterocycles. The van der Waals surface area contributed by atoms with Gasteiger partial charge in [-0.2, -0.15) is 0 Å². The van der Waals surface area contributed by atoms with Crippen molar-refractivity contribution in [3.8, 4) is 0 Å². The summed E-state index contributed by atoms with van der Waals surface area (Å²) in [6, 6.07) is 13.6. The van der Waals surface area contributed by atoms with Crippen LogP contribution in [0.1, 0.15) is 46.7 Å². The summed E-state index contributed by atoms with van der Waals surface area (Å²) < 4.78 is 0. The summed E-state index contributed by atoms with van der Waals surface area (Å²) >= 11 is 9.24. The molecule has 3 rings (SSSR count). The predicted octanol–water partition coefficient (Wildman–Crippen LogP) is 7.55. The summed E-state index contributed by atoms with van der Waals surface area (Å²) in [6.45, 7) is 0. The van der Waals surface area contributed by atoms with E-state index in [1.807, 2.05) is 34.0 Å². The van der Waals surface area contributed by atoms with Crippen molar-refractivity contribution in [3.63, 3.8) is 0 Å². The fourth-order valence-electron chi connectivity index (χ4n) is 3.14. The lowest BCUT2D eigenvalue weighted by Gasteiger charge is -2.31. The summed E-state index contributed by atoms with van der Waals surface area (Å²) in [6.07, 6.45) is 6.40. The fraction of sp³-hybridized carbons (Fsp3) is 0.368. The van der Waals surface area contributed by atoms with Crippen LogP contribution in [0.3, 0.4) is 0 Å². The number of halogens is 1. The minimum atomic E-state index is 0.0604. The van der Waals surface area contributed by atoms with Crippen molar-refractivity contribution in [2.45, 2.75) is 37.5 Å². The third-order valence-electron chi connectivity index (χ3n) is 4.26. The van der Waals surface area contributed by atoms with Gasteiger partial charge in [0.2, 0.25) is 0 Å². The molecule has 0 fully saturated rings. The van der Waals surface area contributed by atoms with Gasteiger partial charge in [-0.15, -0.1) is 34.0 Å². The molecule has 0 aromatic carbocycles. The second-order valence-electron chi connectivity index (χ2n) is 5.69. The Balaban J connectivity index is 1.94. The van der Waals surface area contributed by atoms with Gasteiger partial charge in [0.05, 0.1) is 5.41 Å². The second kappa shape index (κ2) is 8.61. The molecule has 0 bridgehead atoms. The average molecular weight is 425 g/mol. The standard InChI is InChI=1S/C19H21BrS3/c20-12-4-2-1-3-11-19(16-8-5-13-21-16,17-9-6-14-22-17)18-10-7-15-23-18/h5-10,13-15H,1-4,11-12H2.